The van der Waals surface area contributed by atoms with Gasteiger partial charge in [-0.25, -0.2) is 4.98 Å². The van der Waals surface area contributed by atoms with E-state index in [2.05, 4.69) is 23.9 Å². The average Bonchev–Trinajstić information content (AvgIpc) is 3.10. The van der Waals surface area contributed by atoms with Gasteiger partial charge in [-0.1, -0.05) is 6.92 Å². The van der Waals surface area contributed by atoms with Gasteiger partial charge in [0, 0.05) is 12.2 Å². The van der Waals surface area contributed by atoms with Gasteiger partial charge in [0.2, 0.25) is 0 Å². The van der Waals surface area contributed by atoms with E-state index in [0.717, 1.165) is 17.6 Å². The first-order valence-corrected chi connectivity index (χ1v) is 7.53. The lowest BCUT2D eigenvalue weighted by atomic mass is 10.3. The zero-order valence-corrected chi connectivity index (χ0v) is 12.3. The van der Waals surface area contributed by atoms with E-state index in [4.69, 9.17) is 0 Å². The summed E-state index contributed by atoms with van der Waals surface area (Å²) in [7, 11) is 0. The summed E-state index contributed by atoms with van der Waals surface area (Å²) in [6.45, 7) is 4.72. The van der Waals surface area contributed by atoms with Gasteiger partial charge in [0.25, 0.3) is 5.56 Å². The van der Waals surface area contributed by atoms with Crippen molar-refractivity contribution in [1.29, 1.82) is 0 Å². The fraction of sp³-hybridized carbons (Fsp3) is 0.357. The predicted molar refractivity (Wildman–Crippen MR) is 80.2 cm³/mol. The molecule has 0 aliphatic heterocycles. The van der Waals surface area contributed by atoms with E-state index in [-0.39, 0.29) is 5.56 Å². The third kappa shape index (κ3) is 2.27. The van der Waals surface area contributed by atoms with Crippen molar-refractivity contribution < 1.29 is 0 Å². The lowest BCUT2D eigenvalue weighted by Crippen LogP contribution is -2.20. The molecule has 1 unspecified atom stereocenters. The smallest absolute Gasteiger partial charge is 0.271 e. The second-order valence-corrected chi connectivity index (χ2v) is 5.77. The van der Waals surface area contributed by atoms with Crippen LogP contribution in [0.2, 0.25) is 0 Å². The molecule has 0 aliphatic rings. The van der Waals surface area contributed by atoms with Crippen molar-refractivity contribution in [2.24, 2.45) is 0 Å². The first-order chi connectivity index (χ1) is 9.69. The number of fused-ring (bicyclic) bond motifs is 1. The van der Waals surface area contributed by atoms with Crippen molar-refractivity contribution in [3.63, 3.8) is 0 Å². The molecule has 3 aromatic heterocycles. The molecule has 3 aromatic rings. The Morgan fingerprint density at radius 3 is 3.05 bits per heavy atom. The summed E-state index contributed by atoms with van der Waals surface area (Å²) >= 11 is 1.43. The summed E-state index contributed by atoms with van der Waals surface area (Å²) in [4.78, 5) is 16.6. The van der Waals surface area contributed by atoms with Crippen LogP contribution in [0.25, 0.3) is 10.2 Å². The van der Waals surface area contributed by atoms with E-state index in [1.54, 1.807) is 10.9 Å². The Kier molecular flexibility index (Phi) is 3.40. The molecule has 0 fully saturated rings. The normalized spacial score (nSPS) is 12.9. The topological polar surface area (TPSA) is 52.7 Å². The molecule has 5 nitrogen and oxygen atoms in total. The number of rotatable bonds is 4. The quantitative estimate of drug-likeness (QED) is 0.741. The van der Waals surface area contributed by atoms with Crippen molar-refractivity contribution in [1.82, 2.24) is 19.3 Å². The van der Waals surface area contributed by atoms with Crippen molar-refractivity contribution in [2.75, 3.05) is 0 Å². The maximum absolute atomic E-state index is 12.3. The highest BCUT2D eigenvalue weighted by molar-refractivity contribution is 7.17. The Labute approximate surface area is 120 Å². The summed E-state index contributed by atoms with van der Waals surface area (Å²) < 4.78 is 4.26. The Morgan fingerprint density at radius 2 is 2.25 bits per heavy atom. The molecule has 0 N–H and O–H groups in total. The molecular weight excluding hydrogens is 272 g/mol. The van der Waals surface area contributed by atoms with Crippen LogP contribution < -0.4 is 5.56 Å². The Bertz CT molecular complexity index is 786. The van der Waals surface area contributed by atoms with Gasteiger partial charge in [0.15, 0.2) is 0 Å². The van der Waals surface area contributed by atoms with Crippen molar-refractivity contribution in [2.45, 2.75) is 32.9 Å². The van der Waals surface area contributed by atoms with Crippen LogP contribution in [0.15, 0.2) is 34.8 Å². The second-order valence-electron chi connectivity index (χ2n) is 4.86. The fourth-order valence-corrected chi connectivity index (χ4v) is 2.85. The molecule has 20 heavy (non-hydrogen) atoms. The molecule has 1 atom stereocenters. The minimum Gasteiger partial charge on any atom is -0.292 e. The summed E-state index contributed by atoms with van der Waals surface area (Å²) in [6.07, 6.45) is 4.59. The lowest BCUT2D eigenvalue weighted by molar-refractivity contribution is 0.472. The fourth-order valence-electron chi connectivity index (χ4n) is 2.06. The minimum absolute atomic E-state index is 0.00286. The number of aromatic nitrogens is 4. The Hall–Kier alpha value is -1.95. The number of nitrogens with zero attached hydrogens (tertiary/aromatic N) is 4. The predicted octanol–water partition coefficient (Wildman–Crippen LogP) is 2.67. The van der Waals surface area contributed by atoms with E-state index >= 15 is 0 Å². The van der Waals surface area contributed by atoms with Gasteiger partial charge < -0.3 is 0 Å². The molecule has 0 aliphatic carbocycles. The third-order valence-corrected chi connectivity index (χ3v) is 4.37. The van der Waals surface area contributed by atoms with Gasteiger partial charge in [-0.15, -0.1) is 11.3 Å². The van der Waals surface area contributed by atoms with E-state index < -0.39 is 0 Å². The van der Waals surface area contributed by atoms with Crippen LogP contribution in [0, 0.1) is 0 Å². The largest absolute Gasteiger partial charge is 0.292 e. The monoisotopic (exact) mass is 288 g/mol. The Morgan fingerprint density at radius 1 is 1.40 bits per heavy atom. The van der Waals surface area contributed by atoms with Crippen molar-refractivity contribution in [3.8, 4) is 0 Å². The molecule has 0 saturated heterocycles. The number of hydrogen-bond acceptors (Lipinski definition) is 4. The lowest BCUT2D eigenvalue weighted by Gasteiger charge is -2.08. The summed E-state index contributed by atoms with van der Waals surface area (Å²) in [6, 6.07) is 4.19. The maximum Gasteiger partial charge on any atom is 0.271 e. The molecule has 0 bridgehead atoms. The van der Waals surface area contributed by atoms with Gasteiger partial charge in [-0.2, -0.15) is 5.10 Å². The molecule has 0 spiro atoms. The number of thiophene rings is 1. The van der Waals surface area contributed by atoms with E-state index in [1.807, 2.05) is 28.4 Å². The van der Waals surface area contributed by atoms with Gasteiger partial charge in [0.05, 0.1) is 24.1 Å². The molecule has 6 heteroatoms. The zero-order valence-electron chi connectivity index (χ0n) is 11.5. The van der Waals surface area contributed by atoms with Crippen LogP contribution in [0.1, 0.15) is 32.0 Å². The van der Waals surface area contributed by atoms with Gasteiger partial charge in [-0.3, -0.25) is 14.0 Å². The van der Waals surface area contributed by atoms with E-state index in [1.165, 1.54) is 11.3 Å². The van der Waals surface area contributed by atoms with E-state index in [0.29, 0.717) is 17.3 Å². The SMILES string of the molecule is CCC(C)n1ccc(Cn2cnc3ccsc3c2=O)n1. The molecular formula is C14H16N4OS. The zero-order chi connectivity index (χ0) is 14.1. The van der Waals surface area contributed by atoms with Crippen LogP contribution in [0.3, 0.4) is 0 Å². The minimum atomic E-state index is 0.00286. The van der Waals surface area contributed by atoms with Crippen LogP contribution in [-0.4, -0.2) is 19.3 Å². The van der Waals surface area contributed by atoms with Crippen molar-refractivity contribution >= 4 is 21.6 Å². The van der Waals surface area contributed by atoms with Crippen LogP contribution in [-0.2, 0) is 6.54 Å². The highest BCUT2D eigenvalue weighted by atomic mass is 32.1. The molecule has 104 valence electrons. The van der Waals surface area contributed by atoms with Crippen LogP contribution >= 0.6 is 11.3 Å². The van der Waals surface area contributed by atoms with Gasteiger partial charge in [-0.05, 0) is 30.9 Å². The first-order valence-electron chi connectivity index (χ1n) is 6.65. The highest BCUT2D eigenvalue weighted by Crippen LogP contribution is 2.14. The van der Waals surface area contributed by atoms with Gasteiger partial charge >= 0.3 is 0 Å². The Balaban J connectivity index is 1.91. The molecule has 0 aromatic carbocycles. The molecule has 0 radical (unpaired) electrons. The second kappa shape index (κ2) is 5.20. The average molecular weight is 288 g/mol. The summed E-state index contributed by atoms with van der Waals surface area (Å²) in [5.74, 6) is 0. The van der Waals surface area contributed by atoms with E-state index in [9.17, 15) is 4.79 Å². The summed E-state index contributed by atoms with van der Waals surface area (Å²) in [5, 5.41) is 6.41. The first kappa shape index (κ1) is 13.1. The maximum atomic E-state index is 12.3. The highest BCUT2D eigenvalue weighted by Gasteiger charge is 2.08. The summed E-state index contributed by atoms with van der Waals surface area (Å²) in [5.41, 5.74) is 1.65. The van der Waals surface area contributed by atoms with Crippen LogP contribution in [0.5, 0.6) is 0 Å². The van der Waals surface area contributed by atoms with Gasteiger partial charge in [0.1, 0.15) is 4.70 Å². The molecule has 3 heterocycles. The standard InChI is InChI=1S/C14H16N4OS/c1-3-10(2)18-6-4-11(16-18)8-17-9-15-12-5-7-20-13(12)14(17)19/h4-7,9-10H,3,8H2,1-2H3. The third-order valence-electron chi connectivity index (χ3n) is 3.47. The number of hydrogen-bond donors (Lipinski definition) is 0. The van der Waals surface area contributed by atoms with Crippen LogP contribution in [0.4, 0.5) is 0 Å². The molecule has 0 saturated carbocycles. The van der Waals surface area contributed by atoms with Crippen molar-refractivity contribution in [3.05, 3.63) is 46.1 Å². The molecule has 3 rings (SSSR count). The molecule has 0 amide bonds.